The van der Waals surface area contributed by atoms with Crippen LogP contribution in [0.3, 0.4) is 0 Å². The van der Waals surface area contributed by atoms with Gasteiger partial charge in [-0.2, -0.15) is 0 Å². The van der Waals surface area contributed by atoms with Crippen molar-refractivity contribution in [1.29, 1.82) is 0 Å². The zero-order valence-corrected chi connectivity index (χ0v) is 14.9. The smallest absolute Gasteiger partial charge is 0.336 e. The fraction of sp³-hybridized carbons (Fsp3) is 0.300. The largest absolute Gasteiger partial charge is 0.483 e. The molecule has 0 aliphatic heterocycles. The Labute approximate surface area is 147 Å². The lowest BCUT2D eigenvalue weighted by Gasteiger charge is -2.15. The van der Waals surface area contributed by atoms with Crippen molar-refractivity contribution < 1.29 is 19.4 Å². The van der Waals surface area contributed by atoms with Crippen molar-refractivity contribution in [3.63, 3.8) is 0 Å². The number of carbonyl (C=O) groups excluding carboxylic acids is 1. The Bertz CT molecular complexity index is 796. The van der Waals surface area contributed by atoms with E-state index in [2.05, 4.69) is 19.2 Å². The van der Waals surface area contributed by atoms with Crippen molar-refractivity contribution in [2.75, 3.05) is 11.9 Å². The van der Waals surface area contributed by atoms with Gasteiger partial charge in [-0.25, -0.2) is 4.79 Å². The van der Waals surface area contributed by atoms with E-state index >= 15 is 0 Å². The summed E-state index contributed by atoms with van der Waals surface area (Å²) in [6.45, 7) is 7.63. The first-order valence-corrected chi connectivity index (χ1v) is 8.15. The average molecular weight is 341 g/mol. The highest BCUT2D eigenvalue weighted by Gasteiger charge is 2.14. The first-order chi connectivity index (χ1) is 11.8. The van der Waals surface area contributed by atoms with Gasteiger partial charge in [-0.15, -0.1) is 0 Å². The third-order valence-corrected chi connectivity index (χ3v) is 3.99. The number of aryl methyl sites for hydroxylation is 1. The van der Waals surface area contributed by atoms with Crippen LogP contribution in [0.1, 0.15) is 46.8 Å². The number of nitrogens with one attached hydrogen (secondary N) is 1. The average Bonchev–Trinajstić information content (AvgIpc) is 2.54. The molecular formula is C20H23NO4. The predicted octanol–water partition coefficient (Wildman–Crippen LogP) is 4.14. The molecule has 2 N–H and O–H groups in total. The van der Waals surface area contributed by atoms with Gasteiger partial charge in [0.15, 0.2) is 6.61 Å². The summed E-state index contributed by atoms with van der Waals surface area (Å²) in [5.74, 6) is -0.373. The summed E-state index contributed by atoms with van der Waals surface area (Å²) in [5, 5.41) is 11.9. The molecule has 0 radical (unpaired) electrons. The molecule has 0 bridgehead atoms. The first kappa shape index (κ1) is 18.5. The summed E-state index contributed by atoms with van der Waals surface area (Å²) < 4.78 is 5.70. The van der Waals surface area contributed by atoms with Crippen molar-refractivity contribution >= 4 is 17.6 Å². The number of hydrogen-bond acceptors (Lipinski definition) is 3. The minimum atomic E-state index is -1.02. The van der Waals surface area contributed by atoms with Crippen molar-refractivity contribution in [2.45, 2.75) is 33.6 Å². The molecule has 2 aromatic carbocycles. The van der Waals surface area contributed by atoms with E-state index in [0.29, 0.717) is 17.0 Å². The van der Waals surface area contributed by atoms with Gasteiger partial charge in [0.1, 0.15) is 5.75 Å². The van der Waals surface area contributed by atoms with Gasteiger partial charge < -0.3 is 15.2 Å². The number of rotatable bonds is 6. The highest BCUT2D eigenvalue weighted by atomic mass is 16.5. The number of carbonyl (C=O) groups is 2. The van der Waals surface area contributed by atoms with Crippen LogP contribution in [0.2, 0.25) is 0 Å². The number of hydrogen-bond donors (Lipinski definition) is 2. The van der Waals surface area contributed by atoms with Crippen LogP contribution in [0, 0.1) is 13.8 Å². The summed E-state index contributed by atoms with van der Waals surface area (Å²) in [6, 6.07) is 10.7. The van der Waals surface area contributed by atoms with E-state index in [9.17, 15) is 9.59 Å². The Morgan fingerprint density at radius 1 is 1.16 bits per heavy atom. The second-order valence-electron chi connectivity index (χ2n) is 6.32. The molecule has 0 unspecified atom stereocenters. The van der Waals surface area contributed by atoms with E-state index < -0.39 is 5.97 Å². The van der Waals surface area contributed by atoms with Crippen LogP contribution in [0.4, 0.5) is 5.69 Å². The lowest BCUT2D eigenvalue weighted by molar-refractivity contribution is -0.118. The maximum Gasteiger partial charge on any atom is 0.336 e. The molecule has 5 heteroatoms. The summed E-state index contributed by atoms with van der Waals surface area (Å²) in [6.07, 6.45) is 0. The van der Waals surface area contributed by atoms with Crippen molar-refractivity contribution in [3.05, 3.63) is 58.7 Å². The minimum absolute atomic E-state index is 0.139. The Balaban J connectivity index is 2.09. The normalized spacial score (nSPS) is 10.6. The van der Waals surface area contributed by atoms with Gasteiger partial charge in [0.05, 0.1) is 5.56 Å². The molecule has 0 atom stereocenters. The molecule has 0 saturated heterocycles. The van der Waals surface area contributed by atoms with Gasteiger partial charge in [0.2, 0.25) is 0 Å². The Morgan fingerprint density at radius 2 is 1.88 bits per heavy atom. The molecule has 0 aromatic heterocycles. The highest BCUT2D eigenvalue weighted by Crippen LogP contribution is 2.27. The summed E-state index contributed by atoms with van der Waals surface area (Å²) >= 11 is 0. The molecule has 0 aliphatic carbocycles. The van der Waals surface area contributed by atoms with E-state index in [0.717, 1.165) is 11.1 Å². The van der Waals surface area contributed by atoms with Gasteiger partial charge in [0.25, 0.3) is 5.91 Å². The molecule has 2 rings (SSSR count). The molecule has 0 spiro atoms. The quantitative estimate of drug-likeness (QED) is 0.828. The number of anilines is 1. The number of ether oxygens (including phenoxy) is 1. The maximum atomic E-state index is 12.2. The van der Waals surface area contributed by atoms with Crippen LogP contribution in [-0.4, -0.2) is 23.6 Å². The van der Waals surface area contributed by atoms with Gasteiger partial charge in [-0.1, -0.05) is 32.0 Å². The fourth-order valence-corrected chi connectivity index (χ4v) is 2.58. The number of carboxylic acid groups (broad SMARTS) is 1. The Kier molecular flexibility index (Phi) is 5.80. The molecule has 0 saturated carbocycles. The van der Waals surface area contributed by atoms with E-state index in [4.69, 9.17) is 9.84 Å². The molecular weight excluding hydrogens is 318 g/mol. The van der Waals surface area contributed by atoms with Crippen LogP contribution in [0.15, 0.2) is 36.4 Å². The minimum Gasteiger partial charge on any atom is -0.483 e. The van der Waals surface area contributed by atoms with E-state index in [1.807, 2.05) is 25.1 Å². The van der Waals surface area contributed by atoms with Crippen LogP contribution in [0.25, 0.3) is 0 Å². The lowest BCUT2D eigenvalue weighted by atomic mass is 10.0. The van der Waals surface area contributed by atoms with E-state index in [1.54, 1.807) is 19.1 Å². The van der Waals surface area contributed by atoms with Crippen LogP contribution in [0.5, 0.6) is 5.75 Å². The van der Waals surface area contributed by atoms with Gasteiger partial charge in [0, 0.05) is 5.69 Å². The molecule has 5 nitrogen and oxygen atoms in total. The zero-order chi connectivity index (χ0) is 18.6. The number of benzene rings is 2. The summed E-state index contributed by atoms with van der Waals surface area (Å²) in [7, 11) is 0. The van der Waals surface area contributed by atoms with Crippen molar-refractivity contribution in [1.82, 2.24) is 0 Å². The lowest BCUT2D eigenvalue weighted by Crippen LogP contribution is -2.21. The van der Waals surface area contributed by atoms with Crippen LogP contribution < -0.4 is 10.1 Å². The van der Waals surface area contributed by atoms with Crippen molar-refractivity contribution in [2.24, 2.45) is 0 Å². The van der Waals surface area contributed by atoms with Crippen LogP contribution >= 0.6 is 0 Å². The topological polar surface area (TPSA) is 75.6 Å². The monoisotopic (exact) mass is 341 g/mol. The molecule has 0 aliphatic rings. The molecule has 0 heterocycles. The summed E-state index contributed by atoms with van der Waals surface area (Å²) in [4.78, 5) is 23.4. The van der Waals surface area contributed by atoms with E-state index in [1.165, 1.54) is 6.07 Å². The molecule has 1 amide bonds. The van der Waals surface area contributed by atoms with E-state index in [-0.39, 0.29) is 24.0 Å². The zero-order valence-electron chi connectivity index (χ0n) is 14.9. The Hall–Kier alpha value is -2.82. The van der Waals surface area contributed by atoms with Crippen LogP contribution in [-0.2, 0) is 4.79 Å². The second-order valence-corrected chi connectivity index (χ2v) is 6.32. The standard InChI is InChI=1S/C20H23NO4/c1-12(2)15-9-8-13(3)10-18(15)25-11-19(22)21-17-7-5-6-16(14(17)4)20(23)24/h5-10,12H,11H2,1-4H3,(H,21,22)(H,23,24). The molecule has 2 aromatic rings. The molecule has 0 fully saturated rings. The number of amides is 1. The predicted molar refractivity (Wildman–Crippen MR) is 97.5 cm³/mol. The van der Waals surface area contributed by atoms with Gasteiger partial charge in [-0.05, 0) is 54.7 Å². The van der Waals surface area contributed by atoms with Crippen molar-refractivity contribution in [3.8, 4) is 5.75 Å². The number of carboxylic acids is 1. The van der Waals surface area contributed by atoms with Gasteiger partial charge in [-0.3, -0.25) is 4.79 Å². The third-order valence-electron chi connectivity index (χ3n) is 3.99. The first-order valence-electron chi connectivity index (χ1n) is 8.15. The molecule has 25 heavy (non-hydrogen) atoms. The third kappa shape index (κ3) is 4.59. The Morgan fingerprint density at radius 3 is 2.52 bits per heavy atom. The highest BCUT2D eigenvalue weighted by molar-refractivity contribution is 5.96. The summed E-state index contributed by atoms with van der Waals surface area (Å²) in [5.41, 5.74) is 3.26. The SMILES string of the molecule is Cc1ccc(C(C)C)c(OCC(=O)Nc2cccc(C(=O)O)c2C)c1. The van der Waals surface area contributed by atoms with Gasteiger partial charge >= 0.3 is 5.97 Å². The number of aromatic carboxylic acids is 1. The second kappa shape index (κ2) is 7.83. The maximum absolute atomic E-state index is 12.2. The molecule has 132 valence electrons. The fourth-order valence-electron chi connectivity index (χ4n) is 2.58.